The first-order valence-electron chi connectivity index (χ1n) is 9.12. The standard InChI is InChI=1S/C19H19F2N3O4/c20-10-1-4-12(14(21)7-10)17-8-16(23-28-17)18(25)22-15-5-6-24(11-2-3-11)9-13(15)19(26)27/h1,4,7-8,11,13,15H,2-3,5-6,9H2,(H,22,25)(H,26,27)/t13-,15-/m0/s1. The van der Waals surface area contributed by atoms with E-state index < -0.39 is 35.5 Å². The van der Waals surface area contributed by atoms with Gasteiger partial charge in [0.2, 0.25) is 0 Å². The monoisotopic (exact) mass is 391 g/mol. The molecule has 4 rings (SSSR count). The van der Waals surface area contributed by atoms with Gasteiger partial charge in [0.25, 0.3) is 5.91 Å². The number of piperidine rings is 1. The lowest BCUT2D eigenvalue weighted by molar-refractivity contribution is -0.144. The minimum absolute atomic E-state index is 0.0130. The van der Waals surface area contributed by atoms with E-state index in [0.717, 1.165) is 25.5 Å². The number of carbonyl (C=O) groups excluding carboxylic acids is 1. The fourth-order valence-electron chi connectivity index (χ4n) is 3.61. The Kier molecular flexibility index (Phi) is 4.84. The molecule has 2 atom stereocenters. The van der Waals surface area contributed by atoms with Gasteiger partial charge in [-0.2, -0.15) is 0 Å². The van der Waals surface area contributed by atoms with Gasteiger partial charge in [-0.15, -0.1) is 0 Å². The number of aromatic nitrogens is 1. The van der Waals surface area contributed by atoms with Crippen molar-refractivity contribution in [3.63, 3.8) is 0 Å². The number of carboxylic acid groups (broad SMARTS) is 1. The summed E-state index contributed by atoms with van der Waals surface area (Å²) in [4.78, 5) is 26.3. The van der Waals surface area contributed by atoms with Crippen LogP contribution in [0.1, 0.15) is 29.8 Å². The van der Waals surface area contributed by atoms with Crippen molar-refractivity contribution in [1.29, 1.82) is 0 Å². The molecule has 0 unspecified atom stereocenters. The van der Waals surface area contributed by atoms with Crippen molar-refractivity contribution in [2.75, 3.05) is 13.1 Å². The van der Waals surface area contributed by atoms with Crippen molar-refractivity contribution in [1.82, 2.24) is 15.4 Å². The zero-order chi connectivity index (χ0) is 19.8. The Morgan fingerprint density at radius 2 is 2.00 bits per heavy atom. The van der Waals surface area contributed by atoms with Gasteiger partial charge in [0.15, 0.2) is 11.5 Å². The summed E-state index contributed by atoms with van der Waals surface area (Å²) in [5.74, 6) is -3.82. The van der Waals surface area contributed by atoms with Crippen molar-refractivity contribution >= 4 is 11.9 Å². The first kappa shape index (κ1) is 18.5. The van der Waals surface area contributed by atoms with Crippen LogP contribution in [0.25, 0.3) is 11.3 Å². The zero-order valence-electron chi connectivity index (χ0n) is 14.9. The highest BCUT2D eigenvalue weighted by Gasteiger charge is 2.40. The number of hydrogen-bond donors (Lipinski definition) is 2. The molecule has 1 aliphatic carbocycles. The number of halogens is 2. The molecule has 2 N–H and O–H groups in total. The third kappa shape index (κ3) is 3.75. The Morgan fingerprint density at radius 1 is 1.21 bits per heavy atom. The van der Waals surface area contributed by atoms with E-state index in [1.165, 1.54) is 12.1 Å². The fourth-order valence-corrected chi connectivity index (χ4v) is 3.61. The van der Waals surface area contributed by atoms with Crippen molar-refractivity contribution in [3.05, 3.63) is 41.6 Å². The average Bonchev–Trinajstić information content (AvgIpc) is 3.39. The summed E-state index contributed by atoms with van der Waals surface area (Å²) in [5.41, 5.74) is -0.110. The molecule has 28 heavy (non-hydrogen) atoms. The predicted molar refractivity (Wildman–Crippen MR) is 93.4 cm³/mol. The molecule has 0 radical (unpaired) electrons. The Bertz CT molecular complexity index is 912. The molecule has 9 heteroatoms. The fraction of sp³-hybridized carbons (Fsp3) is 0.421. The molecule has 1 saturated carbocycles. The van der Waals surface area contributed by atoms with Crippen LogP contribution in [0.5, 0.6) is 0 Å². The lowest BCUT2D eigenvalue weighted by Crippen LogP contribution is -2.54. The van der Waals surface area contributed by atoms with Crippen molar-refractivity contribution in [2.45, 2.75) is 31.3 Å². The largest absolute Gasteiger partial charge is 0.481 e. The van der Waals surface area contributed by atoms with Crippen LogP contribution in [0.4, 0.5) is 8.78 Å². The molecular weight excluding hydrogens is 372 g/mol. The molecule has 1 aliphatic heterocycles. The number of hydrogen-bond acceptors (Lipinski definition) is 5. The number of likely N-dealkylation sites (tertiary alicyclic amines) is 1. The first-order valence-corrected chi connectivity index (χ1v) is 9.12. The molecule has 148 valence electrons. The summed E-state index contributed by atoms with van der Waals surface area (Å²) in [5, 5.41) is 15.9. The Balaban J connectivity index is 1.46. The average molecular weight is 391 g/mol. The van der Waals surface area contributed by atoms with Crippen LogP contribution in [0.2, 0.25) is 0 Å². The Morgan fingerprint density at radius 3 is 2.68 bits per heavy atom. The number of rotatable bonds is 5. The van der Waals surface area contributed by atoms with Gasteiger partial charge in [-0.05, 0) is 31.4 Å². The van der Waals surface area contributed by atoms with Gasteiger partial charge in [-0.1, -0.05) is 5.16 Å². The third-order valence-electron chi connectivity index (χ3n) is 5.28. The quantitative estimate of drug-likeness (QED) is 0.812. The maximum atomic E-state index is 13.9. The lowest BCUT2D eigenvalue weighted by atomic mass is 9.91. The topological polar surface area (TPSA) is 95.7 Å². The van der Waals surface area contributed by atoms with E-state index in [1.54, 1.807) is 0 Å². The molecule has 2 heterocycles. The number of carboxylic acids is 1. The van der Waals surface area contributed by atoms with E-state index in [2.05, 4.69) is 15.4 Å². The molecule has 1 saturated heterocycles. The molecule has 7 nitrogen and oxygen atoms in total. The lowest BCUT2D eigenvalue weighted by Gasteiger charge is -2.36. The van der Waals surface area contributed by atoms with E-state index in [0.29, 0.717) is 25.1 Å². The van der Waals surface area contributed by atoms with Crippen molar-refractivity contribution < 1.29 is 28.0 Å². The number of nitrogens with zero attached hydrogens (tertiary/aromatic N) is 2. The Labute approximate surface area is 159 Å². The molecular formula is C19H19F2N3O4. The van der Waals surface area contributed by atoms with Gasteiger partial charge in [0, 0.05) is 37.3 Å². The van der Waals surface area contributed by atoms with Gasteiger partial charge < -0.3 is 14.9 Å². The minimum atomic E-state index is -0.954. The molecule has 1 aromatic carbocycles. The molecule has 0 bridgehead atoms. The predicted octanol–water partition coefficient (Wildman–Crippen LogP) is 2.29. The molecule has 1 aromatic heterocycles. The summed E-state index contributed by atoms with van der Waals surface area (Å²) < 4.78 is 31.9. The number of carbonyl (C=O) groups is 2. The van der Waals surface area contributed by atoms with E-state index in [4.69, 9.17) is 4.52 Å². The Hall–Kier alpha value is -2.81. The second kappa shape index (κ2) is 7.31. The second-order valence-corrected chi connectivity index (χ2v) is 7.24. The van der Waals surface area contributed by atoms with E-state index in [1.807, 2.05) is 0 Å². The highest BCUT2D eigenvalue weighted by Crippen LogP contribution is 2.31. The second-order valence-electron chi connectivity index (χ2n) is 7.24. The number of benzene rings is 1. The van der Waals surface area contributed by atoms with Crippen molar-refractivity contribution in [2.24, 2.45) is 5.92 Å². The van der Waals surface area contributed by atoms with Crippen LogP contribution in [0.3, 0.4) is 0 Å². The number of nitrogens with one attached hydrogen (secondary N) is 1. The molecule has 2 fully saturated rings. The van der Waals surface area contributed by atoms with Crippen LogP contribution in [0, 0.1) is 17.6 Å². The van der Waals surface area contributed by atoms with Gasteiger partial charge in [-0.3, -0.25) is 14.5 Å². The summed E-state index contributed by atoms with van der Waals surface area (Å²) in [6.45, 7) is 1.13. The minimum Gasteiger partial charge on any atom is -0.481 e. The summed E-state index contributed by atoms with van der Waals surface area (Å²) >= 11 is 0. The normalized spacial score (nSPS) is 22.8. The van der Waals surface area contributed by atoms with E-state index >= 15 is 0 Å². The SMILES string of the molecule is O=C(N[C@H]1CCN(C2CC2)C[C@@H]1C(=O)O)c1cc(-c2ccc(F)cc2F)on1. The van der Waals surface area contributed by atoms with Gasteiger partial charge in [0.05, 0.1) is 11.5 Å². The highest BCUT2D eigenvalue weighted by atomic mass is 19.1. The number of aliphatic carboxylic acids is 1. The first-order chi connectivity index (χ1) is 13.4. The van der Waals surface area contributed by atoms with Crippen LogP contribution in [0.15, 0.2) is 28.8 Å². The maximum Gasteiger partial charge on any atom is 0.309 e. The summed E-state index contributed by atoms with van der Waals surface area (Å²) in [7, 11) is 0. The molecule has 2 aliphatic rings. The van der Waals surface area contributed by atoms with Crippen LogP contribution in [-0.4, -0.2) is 52.2 Å². The zero-order valence-corrected chi connectivity index (χ0v) is 14.9. The maximum absolute atomic E-state index is 13.9. The van der Waals surface area contributed by atoms with Crippen molar-refractivity contribution in [3.8, 4) is 11.3 Å². The van der Waals surface area contributed by atoms with E-state index in [-0.39, 0.29) is 17.0 Å². The van der Waals surface area contributed by atoms with Gasteiger partial charge in [-0.25, -0.2) is 8.78 Å². The van der Waals surface area contributed by atoms with Crippen LogP contribution >= 0.6 is 0 Å². The highest BCUT2D eigenvalue weighted by molar-refractivity contribution is 5.93. The van der Waals surface area contributed by atoms with Gasteiger partial charge >= 0.3 is 5.97 Å². The smallest absolute Gasteiger partial charge is 0.309 e. The molecule has 2 aromatic rings. The molecule has 1 amide bonds. The molecule has 0 spiro atoms. The third-order valence-corrected chi connectivity index (χ3v) is 5.28. The van der Waals surface area contributed by atoms with Crippen LogP contribution in [-0.2, 0) is 4.79 Å². The van der Waals surface area contributed by atoms with Crippen LogP contribution < -0.4 is 5.32 Å². The van der Waals surface area contributed by atoms with E-state index in [9.17, 15) is 23.5 Å². The summed E-state index contributed by atoms with van der Waals surface area (Å²) in [6.07, 6.45) is 2.70. The summed E-state index contributed by atoms with van der Waals surface area (Å²) in [6, 6.07) is 4.17. The van der Waals surface area contributed by atoms with Gasteiger partial charge in [0.1, 0.15) is 11.6 Å². The number of amides is 1.